The molecule has 2 saturated heterocycles. The molecule has 0 radical (unpaired) electrons. The first kappa shape index (κ1) is 22.1. The number of carbonyl (C=O) groups excluding carboxylic acids is 2. The Balaban J connectivity index is 1.35. The molecule has 0 unspecified atom stereocenters. The molecule has 1 aromatic carbocycles. The molecule has 1 aromatic heterocycles. The van der Waals surface area contributed by atoms with Gasteiger partial charge in [0.15, 0.2) is 0 Å². The zero-order valence-corrected chi connectivity index (χ0v) is 18.5. The molecule has 3 heterocycles. The van der Waals surface area contributed by atoms with Crippen LogP contribution >= 0.6 is 0 Å². The van der Waals surface area contributed by atoms with Gasteiger partial charge in [-0.05, 0) is 37.5 Å². The Bertz CT molecular complexity index is 915. The predicted octanol–water partition coefficient (Wildman–Crippen LogP) is 2.58. The fourth-order valence-electron chi connectivity index (χ4n) is 4.29. The summed E-state index contributed by atoms with van der Waals surface area (Å²) in [6, 6.07) is 14.3. The first-order chi connectivity index (χ1) is 15.6. The Labute approximate surface area is 188 Å². The van der Waals surface area contributed by atoms with E-state index in [4.69, 9.17) is 4.74 Å². The summed E-state index contributed by atoms with van der Waals surface area (Å²) in [5, 5.41) is 6.68. The molecular formula is C24H31N5O3. The highest BCUT2D eigenvalue weighted by atomic mass is 16.6. The SMILES string of the molecule is CCOC(=O)N1CCC(NC(=O)c2ccnc(N3CCN[C@H](c4ccccc4)C3)c2)CC1. The molecule has 1 atom stereocenters. The highest BCUT2D eigenvalue weighted by Crippen LogP contribution is 2.22. The van der Waals surface area contributed by atoms with Crippen LogP contribution in [0.2, 0.25) is 0 Å². The second kappa shape index (κ2) is 10.5. The second-order valence-corrected chi connectivity index (χ2v) is 8.20. The summed E-state index contributed by atoms with van der Waals surface area (Å²) >= 11 is 0. The number of aromatic nitrogens is 1. The van der Waals surface area contributed by atoms with Gasteiger partial charge in [-0.1, -0.05) is 30.3 Å². The second-order valence-electron chi connectivity index (χ2n) is 8.20. The molecule has 0 aliphatic carbocycles. The number of nitrogens with one attached hydrogen (secondary N) is 2. The molecule has 4 rings (SSSR count). The summed E-state index contributed by atoms with van der Waals surface area (Å²) in [6.45, 7) is 5.86. The van der Waals surface area contributed by atoms with Gasteiger partial charge in [-0.25, -0.2) is 9.78 Å². The first-order valence-corrected chi connectivity index (χ1v) is 11.4. The van der Waals surface area contributed by atoms with Gasteiger partial charge in [-0.15, -0.1) is 0 Å². The van der Waals surface area contributed by atoms with Gasteiger partial charge >= 0.3 is 6.09 Å². The number of anilines is 1. The van der Waals surface area contributed by atoms with Crippen LogP contribution in [0.4, 0.5) is 10.6 Å². The number of piperidine rings is 1. The molecule has 170 valence electrons. The Kier molecular flexibility index (Phi) is 7.21. The van der Waals surface area contributed by atoms with Crippen LogP contribution in [0, 0.1) is 0 Å². The smallest absolute Gasteiger partial charge is 0.409 e. The van der Waals surface area contributed by atoms with Crippen molar-refractivity contribution in [3.8, 4) is 0 Å². The van der Waals surface area contributed by atoms with Crippen LogP contribution in [-0.2, 0) is 4.74 Å². The van der Waals surface area contributed by atoms with Gasteiger partial charge in [-0.3, -0.25) is 4.79 Å². The molecular weight excluding hydrogens is 406 g/mol. The maximum atomic E-state index is 12.9. The van der Waals surface area contributed by atoms with Crippen LogP contribution in [0.3, 0.4) is 0 Å². The third kappa shape index (κ3) is 5.37. The normalized spacial score (nSPS) is 19.5. The lowest BCUT2D eigenvalue weighted by Crippen LogP contribution is -2.47. The minimum Gasteiger partial charge on any atom is -0.450 e. The Morgan fingerprint density at radius 1 is 1.16 bits per heavy atom. The molecule has 0 spiro atoms. The number of nitrogens with zero attached hydrogens (tertiary/aromatic N) is 3. The summed E-state index contributed by atoms with van der Waals surface area (Å²) < 4.78 is 5.06. The molecule has 2 aromatic rings. The van der Waals surface area contributed by atoms with Crippen LogP contribution in [0.15, 0.2) is 48.7 Å². The van der Waals surface area contributed by atoms with Crippen molar-refractivity contribution in [2.75, 3.05) is 44.2 Å². The molecule has 2 N–H and O–H groups in total. The number of hydrogen-bond acceptors (Lipinski definition) is 6. The number of piperazine rings is 1. The Hall–Kier alpha value is -3.13. The molecule has 32 heavy (non-hydrogen) atoms. The fraction of sp³-hybridized carbons (Fsp3) is 0.458. The maximum absolute atomic E-state index is 12.9. The molecule has 2 fully saturated rings. The van der Waals surface area contributed by atoms with E-state index >= 15 is 0 Å². The number of amides is 2. The van der Waals surface area contributed by atoms with Gasteiger partial charge < -0.3 is 25.2 Å². The average molecular weight is 438 g/mol. The molecule has 8 heteroatoms. The van der Waals surface area contributed by atoms with Crippen LogP contribution in [-0.4, -0.2) is 67.3 Å². The number of ether oxygens (including phenoxy) is 1. The van der Waals surface area contributed by atoms with Crippen molar-refractivity contribution in [2.45, 2.75) is 31.8 Å². The van der Waals surface area contributed by atoms with Crippen molar-refractivity contribution in [3.63, 3.8) is 0 Å². The highest BCUT2D eigenvalue weighted by molar-refractivity contribution is 5.95. The van der Waals surface area contributed by atoms with Crippen LogP contribution in [0.5, 0.6) is 0 Å². The monoisotopic (exact) mass is 437 g/mol. The van der Waals surface area contributed by atoms with Crippen molar-refractivity contribution in [2.24, 2.45) is 0 Å². The number of likely N-dealkylation sites (tertiary alicyclic amines) is 1. The van der Waals surface area contributed by atoms with Crippen molar-refractivity contribution < 1.29 is 14.3 Å². The number of rotatable bonds is 5. The summed E-state index contributed by atoms with van der Waals surface area (Å²) in [5.41, 5.74) is 1.86. The van der Waals surface area contributed by atoms with E-state index in [0.717, 1.165) is 38.3 Å². The molecule has 2 aliphatic heterocycles. The number of benzene rings is 1. The van der Waals surface area contributed by atoms with E-state index in [9.17, 15) is 9.59 Å². The van der Waals surface area contributed by atoms with Crippen LogP contribution < -0.4 is 15.5 Å². The maximum Gasteiger partial charge on any atom is 0.409 e. The van der Waals surface area contributed by atoms with E-state index in [1.54, 1.807) is 24.1 Å². The van der Waals surface area contributed by atoms with Gasteiger partial charge in [0.25, 0.3) is 5.91 Å². The van der Waals surface area contributed by atoms with Crippen molar-refractivity contribution in [3.05, 3.63) is 59.8 Å². The average Bonchev–Trinajstić information content (AvgIpc) is 2.85. The lowest BCUT2D eigenvalue weighted by atomic mass is 10.0. The Morgan fingerprint density at radius 2 is 1.94 bits per heavy atom. The quantitative estimate of drug-likeness (QED) is 0.748. The summed E-state index contributed by atoms with van der Waals surface area (Å²) in [6.07, 6.45) is 2.87. The van der Waals surface area contributed by atoms with Crippen LogP contribution in [0.1, 0.15) is 41.7 Å². The summed E-state index contributed by atoms with van der Waals surface area (Å²) in [7, 11) is 0. The minimum absolute atomic E-state index is 0.0476. The van der Waals surface area contributed by atoms with Gasteiger partial charge in [-0.2, -0.15) is 0 Å². The fourth-order valence-corrected chi connectivity index (χ4v) is 4.29. The van der Waals surface area contributed by atoms with Crippen molar-refractivity contribution >= 4 is 17.8 Å². The van der Waals surface area contributed by atoms with Gasteiger partial charge in [0, 0.05) is 56.6 Å². The first-order valence-electron chi connectivity index (χ1n) is 11.4. The zero-order chi connectivity index (χ0) is 22.3. The standard InChI is InChI=1S/C24H31N5O3/c1-2-32-24(31)28-13-9-20(10-14-28)27-23(30)19-8-11-26-22(16-19)29-15-12-25-21(17-29)18-6-4-3-5-7-18/h3-8,11,16,20-21,25H,2,9-10,12-15,17H2,1H3,(H,27,30)/t21-/m0/s1. The lowest BCUT2D eigenvalue weighted by Gasteiger charge is -2.35. The third-order valence-corrected chi connectivity index (χ3v) is 6.07. The minimum atomic E-state index is -0.277. The molecule has 0 bridgehead atoms. The molecule has 8 nitrogen and oxygen atoms in total. The lowest BCUT2D eigenvalue weighted by molar-refractivity contribution is 0.0860. The molecule has 2 amide bonds. The number of hydrogen-bond donors (Lipinski definition) is 2. The summed E-state index contributed by atoms with van der Waals surface area (Å²) in [5.74, 6) is 0.718. The number of pyridine rings is 1. The van der Waals surface area contributed by atoms with E-state index in [1.807, 2.05) is 12.1 Å². The zero-order valence-electron chi connectivity index (χ0n) is 18.5. The number of carbonyl (C=O) groups is 2. The van der Waals surface area contributed by atoms with E-state index in [0.29, 0.717) is 25.3 Å². The topological polar surface area (TPSA) is 86.8 Å². The van der Waals surface area contributed by atoms with E-state index in [-0.39, 0.29) is 24.1 Å². The van der Waals surface area contributed by atoms with Crippen molar-refractivity contribution in [1.82, 2.24) is 20.5 Å². The Morgan fingerprint density at radius 3 is 2.69 bits per heavy atom. The van der Waals surface area contributed by atoms with Crippen molar-refractivity contribution in [1.29, 1.82) is 0 Å². The largest absolute Gasteiger partial charge is 0.450 e. The highest BCUT2D eigenvalue weighted by Gasteiger charge is 2.26. The molecule has 0 saturated carbocycles. The third-order valence-electron chi connectivity index (χ3n) is 6.07. The van der Waals surface area contributed by atoms with Gasteiger partial charge in [0.1, 0.15) is 5.82 Å². The van der Waals surface area contributed by atoms with E-state index in [1.165, 1.54) is 5.56 Å². The molecule has 2 aliphatic rings. The van der Waals surface area contributed by atoms with E-state index < -0.39 is 0 Å². The van der Waals surface area contributed by atoms with E-state index in [2.05, 4.69) is 44.8 Å². The predicted molar refractivity (Wildman–Crippen MR) is 123 cm³/mol. The van der Waals surface area contributed by atoms with Gasteiger partial charge in [0.05, 0.1) is 6.61 Å². The van der Waals surface area contributed by atoms with Crippen LogP contribution in [0.25, 0.3) is 0 Å². The summed E-state index contributed by atoms with van der Waals surface area (Å²) in [4.78, 5) is 33.2. The van der Waals surface area contributed by atoms with Gasteiger partial charge in [0.2, 0.25) is 0 Å².